The molecule has 2 heterocycles. The second kappa shape index (κ2) is 15.5. The van der Waals surface area contributed by atoms with Crippen LogP contribution in [0.3, 0.4) is 0 Å². The average molecular weight is 625 g/mol. The van der Waals surface area contributed by atoms with E-state index >= 15 is 0 Å². The molecule has 0 amide bonds. The number of hydrogen-bond acceptors (Lipinski definition) is 2. The minimum absolute atomic E-state index is 0.416. The third kappa shape index (κ3) is 7.45. The summed E-state index contributed by atoms with van der Waals surface area (Å²) in [4.78, 5) is 9.21. The average Bonchev–Trinajstić information content (AvgIpc) is 3.12. The summed E-state index contributed by atoms with van der Waals surface area (Å²) in [5.41, 5.74) is 9.21. The van der Waals surface area contributed by atoms with E-state index in [0.717, 1.165) is 52.1 Å². The predicted molar refractivity (Wildman–Crippen MR) is 206 cm³/mol. The van der Waals surface area contributed by atoms with Crippen LogP contribution >= 0.6 is 0 Å². The molecule has 1 aliphatic carbocycles. The lowest BCUT2D eigenvalue weighted by Gasteiger charge is -2.20. The summed E-state index contributed by atoms with van der Waals surface area (Å²) >= 11 is 0. The maximum Gasteiger partial charge on any atom is 0.0717 e. The van der Waals surface area contributed by atoms with Crippen LogP contribution in [-0.4, -0.2) is 9.97 Å². The number of benzene rings is 3. The van der Waals surface area contributed by atoms with Gasteiger partial charge in [-0.25, -0.2) is 0 Å². The minimum Gasteiger partial charge on any atom is -0.263 e. The van der Waals surface area contributed by atoms with E-state index in [2.05, 4.69) is 153 Å². The van der Waals surface area contributed by atoms with Crippen LogP contribution in [0.4, 0.5) is 0 Å². The van der Waals surface area contributed by atoms with Gasteiger partial charge in [0.1, 0.15) is 0 Å². The molecular formula is C46H44N2. The van der Waals surface area contributed by atoms with Crippen molar-refractivity contribution in [1.29, 1.82) is 0 Å². The molecule has 1 aliphatic rings. The van der Waals surface area contributed by atoms with E-state index in [0.29, 0.717) is 11.8 Å². The third-order valence-corrected chi connectivity index (χ3v) is 9.17. The largest absolute Gasteiger partial charge is 0.263 e. The molecule has 0 radical (unpaired) electrons. The molecule has 2 heteroatoms. The fourth-order valence-electron chi connectivity index (χ4n) is 6.74. The zero-order valence-electron chi connectivity index (χ0n) is 28.3. The lowest BCUT2D eigenvalue weighted by atomic mass is 9.84. The summed E-state index contributed by atoms with van der Waals surface area (Å²) in [7, 11) is 0. The van der Waals surface area contributed by atoms with Crippen LogP contribution in [0.5, 0.6) is 0 Å². The lowest BCUT2D eigenvalue weighted by Crippen LogP contribution is -2.26. The Labute approximate surface area is 285 Å². The Bertz CT molecular complexity index is 2160. The second-order valence-corrected chi connectivity index (χ2v) is 12.7. The van der Waals surface area contributed by atoms with Crippen molar-refractivity contribution in [2.45, 2.75) is 40.0 Å². The summed E-state index contributed by atoms with van der Waals surface area (Å²) in [6.45, 7) is 11.2. The van der Waals surface area contributed by atoms with Crippen molar-refractivity contribution in [3.8, 4) is 22.4 Å². The zero-order chi connectivity index (χ0) is 33.3. The van der Waals surface area contributed by atoms with Crippen molar-refractivity contribution in [2.75, 3.05) is 0 Å². The number of nitrogens with zero attached hydrogens (tertiary/aromatic N) is 2. The first-order valence-corrected chi connectivity index (χ1v) is 17.0. The molecule has 238 valence electrons. The number of rotatable bonds is 7. The Hall–Kier alpha value is -5.34. The van der Waals surface area contributed by atoms with Gasteiger partial charge in [-0.2, -0.15) is 0 Å². The number of fused-ring (bicyclic) bond motifs is 1. The molecule has 0 aliphatic heterocycles. The van der Waals surface area contributed by atoms with Crippen molar-refractivity contribution in [3.63, 3.8) is 0 Å². The quantitative estimate of drug-likeness (QED) is 0.133. The maximum absolute atomic E-state index is 4.64. The van der Waals surface area contributed by atoms with Gasteiger partial charge in [0, 0.05) is 29.7 Å². The molecule has 0 spiro atoms. The highest BCUT2D eigenvalue weighted by molar-refractivity contribution is 6.04. The molecule has 6 rings (SSSR count). The summed E-state index contributed by atoms with van der Waals surface area (Å²) in [5.74, 6) is 0.873. The van der Waals surface area contributed by atoms with Crippen molar-refractivity contribution in [2.24, 2.45) is 11.8 Å². The normalized spacial score (nSPS) is 19.8. The van der Waals surface area contributed by atoms with E-state index in [-0.39, 0.29) is 0 Å². The summed E-state index contributed by atoms with van der Waals surface area (Å²) in [6.07, 6.45) is 27.1. The third-order valence-electron chi connectivity index (χ3n) is 9.17. The fourth-order valence-corrected chi connectivity index (χ4v) is 6.74. The van der Waals surface area contributed by atoms with Crippen molar-refractivity contribution in [1.82, 2.24) is 9.97 Å². The molecular weight excluding hydrogens is 581 g/mol. The molecule has 5 aromatic rings. The van der Waals surface area contributed by atoms with Crippen LogP contribution in [-0.2, 0) is 0 Å². The Morgan fingerprint density at radius 2 is 1.67 bits per heavy atom. The van der Waals surface area contributed by atoms with E-state index in [1.54, 1.807) is 0 Å². The smallest absolute Gasteiger partial charge is 0.0717 e. The second-order valence-electron chi connectivity index (χ2n) is 12.7. The van der Waals surface area contributed by atoms with Gasteiger partial charge in [0.2, 0.25) is 0 Å². The van der Waals surface area contributed by atoms with E-state index < -0.39 is 0 Å². The molecule has 0 fully saturated rings. The number of hydrogen-bond donors (Lipinski definition) is 0. The molecule has 2 atom stereocenters. The molecule has 0 saturated carbocycles. The van der Waals surface area contributed by atoms with Crippen LogP contribution in [0.1, 0.15) is 45.6 Å². The molecule has 2 aromatic heterocycles. The highest BCUT2D eigenvalue weighted by atomic mass is 14.7. The minimum atomic E-state index is 0.416. The van der Waals surface area contributed by atoms with Crippen LogP contribution < -0.4 is 10.4 Å². The fraction of sp³-hybridized carbons (Fsp3) is 0.174. The Morgan fingerprint density at radius 3 is 2.50 bits per heavy atom. The molecule has 0 bridgehead atoms. The summed E-state index contributed by atoms with van der Waals surface area (Å²) in [5, 5.41) is 4.57. The maximum atomic E-state index is 4.64. The lowest BCUT2D eigenvalue weighted by molar-refractivity contribution is 0.586. The van der Waals surface area contributed by atoms with Gasteiger partial charge in [-0.15, -0.1) is 0 Å². The molecule has 0 N–H and O–H groups in total. The number of aromatic nitrogens is 2. The Morgan fingerprint density at radius 1 is 0.854 bits per heavy atom. The van der Waals surface area contributed by atoms with Gasteiger partial charge >= 0.3 is 0 Å². The predicted octanol–water partition coefficient (Wildman–Crippen LogP) is 10.6. The van der Waals surface area contributed by atoms with Crippen molar-refractivity contribution >= 4 is 22.9 Å². The topological polar surface area (TPSA) is 25.8 Å². The van der Waals surface area contributed by atoms with Gasteiger partial charge in [-0.1, -0.05) is 134 Å². The molecule has 2 nitrogen and oxygen atoms in total. The van der Waals surface area contributed by atoms with E-state index in [1.807, 2.05) is 36.8 Å². The van der Waals surface area contributed by atoms with Gasteiger partial charge in [0.25, 0.3) is 0 Å². The molecule has 2 unspecified atom stereocenters. The first-order chi connectivity index (χ1) is 23.5. The standard InChI is InChI=1S/C46H44N2/c1-5-16-39(35(4)29-36-19-9-7-6-8-17-33(2)26-27-36)46(40-20-11-10-18-34(40)3)44-24-15-22-42-41(21-14-23-43(42)44)37-30-38(32-47-31-37)45-25-12-13-28-48-45/h5-8,10-18,20-28,30-33,36H,3,9,19,29H2,1-2,4H3/b7-6-,16-5-,17-8-,27-26-,39-35-,46-40+. The van der Waals surface area contributed by atoms with E-state index in [1.165, 1.54) is 33.1 Å². The Balaban J connectivity index is 1.53. The first-order valence-electron chi connectivity index (χ1n) is 17.0. The van der Waals surface area contributed by atoms with Crippen LogP contribution in [0, 0.1) is 11.8 Å². The number of allylic oxidation sites excluding steroid dienone is 10. The summed E-state index contributed by atoms with van der Waals surface area (Å²) < 4.78 is 0. The highest BCUT2D eigenvalue weighted by Gasteiger charge is 2.17. The highest BCUT2D eigenvalue weighted by Crippen LogP contribution is 2.37. The molecule has 48 heavy (non-hydrogen) atoms. The van der Waals surface area contributed by atoms with E-state index in [4.69, 9.17) is 0 Å². The van der Waals surface area contributed by atoms with Crippen molar-refractivity contribution in [3.05, 3.63) is 179 Å². The SMILES string of the molecule is C=c1cccc/c1=C(C(/C=C\C)=C(/C)CC1/C=C\C(C)/C=C\C=C/CC1)\c1cccc2c(-c3cncc(-c4ccccn4)c3)cccc12. The number of pyridine rings is 2. The monoisotopic (exact) mass is 624 g/mol. The summed E-state index contributed by atoms with van der Waals surface area (Å²) in [6, 6.07) is 30.0. The van der Waals surface area contributed by atoms with Crippen LogP contribution in [0.25, 0.3) is 45.3 Å². The molecule has 3 aromatic carbocycles. The first kappa shape index (κ1) is 32.6. The molecule has 0 saturated heterocycles. The van der Waals surface area contributed by atoms with Gasteiger partial charge < -0.3 is 0 Å². The van der Waals surface area contributed by atoms with Gasteiger partial charge in [-0.3, -0.25) is 9.97 Å². The van der Waals surface area contributed by atoms with Gasteiger partial charge in [-0.05, 0) is 107 Å². The van der Waals surface area contributed by atoms with E-state index in [9.17, 15) is 0 Å². The van der Waals surface area contributed by atoms with Gasteiger partial charge in [0.05, 0.1) is 5.69 Å². The zero-order valence-corrected chi connectivity index (χ0v) is 28.3. The van der Waals surface area contributed by atoms with Crippen LogP contribution in [0.2, 0.25) is 0 Å². The van der Waals surface area contributed by atoms with Gasteiger partial charge in [0.15, 0.2) is 0 Å². The van der Waals surface area contributed by atoms with Crippen LogP contribution in [0.15, 0.2) is 163 Å². The van der Waals surface area contributed by atoms with Crippen molar-refractivity contribution < 1.29 is 0 Å². The Kier molecular flexibility index (Phi) is 10.5.